The highest BCUT2D eigenvalue weighted by atomic mass is 32.1. The largest absolute Gasteiger partial charge is 0.493 e. The summed E-state index contributed by atoms with van der Waals surface area (Å²) in [6.07, 6.45) is 5.09. The molecule has 0 bridgehead atoms. The van der Waals surface area contributed by atoms with E-state index in [4.69, 9.17) is 22.7 Å². The first-order valence-corrected chi connectivity index (χ1v) is 8.35. The molecule has 1 fully saturated rings. The molecule has 0 aliphatic heterocycles. The highest BCUT2D eigenvalue weighted by Gasteiger charge is 2.23. The van der Waals surface area contributed by atoms with E-state index in [9.17, 15) is 0 Å². The minimum Gasteiger partial charge on any atom is -0.493 e. The summed E-state index contributed by atoms with van der Waals surface area (Å²) < 4.78 is 5.85. The molecule has 0 amide bonds. The van der Waals surface area contributed by atoms with Crippen LogP contribution in [0, 0.1) is 5.92 Å². The predicted octanol–water partition coefficient (Wildman–Crippen LogP) is 3.21. The average Bonchev–Trinajstić information content (AvgIpc) is 3.28. The van der Waals surface area contributed by atoms with Crippen LogP contribution in [0.4, 0.5) is 0 Å². The van der Waals surface area contributed by atoms with Gasteiger partial charge in [0.05, 0.1) is 12.2 Å². The van der Waals surface area contributed by atoms with Crippen molar-refractivity contribution in [3.63, 3.8) is 0 Å². The zero-order chi connectivity index (χ0) is 15.1. The second-order valence-corrected chi connectivity index (χ2v) is 6.25. The Balaban J connectivity index is 1.74. The summed E-state index contributed by atoms with van der Waals surface area (Å²) in [6, 6.07) is 7.73. The van der Waals surface area contributed by atoms with Crippen LogP contribution in [0.3, 0.4) is 0 Å². The quantitative estimate of drug-likeness (QED) is 0.532. The van der Waals surface area contributed by atoms with E-state index in [-0.39, 0.29) is 0 Å². The number of nitrogens with zero attached hydrogens (tertiary/aromatic N) is 1. The molecule has 0 radical (unpaired) electrons. The Labute approximate surface area is 133 Å². The molecule has 1 saturated carbocycles. The topological polar surface area (TPSA) is 38.5 Å². The van der Waals surface area contributed by atoms with Gasteiger partial charge in [0, 0.05) is 13.1 Å². The van der Waals surface area contributed by atoms with Crippen LogP contribution in [0.15, 0.2) is 24.3 Å². The second kappa shape index (κ2) is 8.35. The van der Waals surface area contributed by atoms with Crippen molar-refractivity contribution < 1.29 is 4.74 Å². The summed E-state index contributed by atoms with van der Waals surface area (Å²) >= 11 is 5.05. The maximum Gasteiger partial charge on any atom is 0.129 e. The third-order valence-corrected chi connectivity index (χ3v) is 4.00. The molecule has 0 aromatic heterocycles. The van der Waals surface area contributed by atoms with Crippen LogP contribution in [-0.2, 0) is 0 Å². The lowest BCUT2D eigenvalue weighted by Crippen LogP contribution is -2.29. The summed E-state index contributed by atoms with van der Waals surface area (Å²) in [5.41, 5.74) is 6.54. The third-order valence-electron chi connectivity index (χ3n) is 3.78. The fourth-order valence-electron chi connectivity index (χ4n) is 2.54. The van der Waals surface area contributed by atoms with E-state index in [1.54, 1.807) is 0 Å². The maximum atomic E-state index is 5.85. The van der Waals surface area contributed by atoms with Gasteiger partial charge in [-0.2, -0.15) is 0 Å². The summed E-state index contributed by atoms with van der Waals surface area (Å²) in [7, 11) is 0. The minimum absolute atomic E-state index is 0.395. The van der Waals surface area contributed by atoms with Gasteiger partial charge in [-0.15, -0.1) is 0 Å². The van der Waals surface area contributed by atoms with Gasteiger partial charge in [0.1, 0.15) is 10.7 Å². The molecule has 116 valence electrons. The van der Waals surface area contributed by atoms with E-state index in [1.165, 1.54) is 32.4 Å². The van der Waals surface area contributed by atoms with Crippen molar-refractivity contribution in [1.82, 2.24) is 4.90 Å². The molecule has 0 spiro atoms. The van der Waals surface area contributed by atoms with Crippen LogP contribution in [0.1, 0.15) is 38.2 Å². The Bertz CT molecular complexity index is 460. The molecule has 4 heteroatoms. The fraction of sp³-hybridized carbons (Fsp3) is 0.588. The SMILES string of the molecule is CCCN(CCCOc1ccccc1C(N)=S)CC1CC1. The average molecular weight is 306 g/mol. The summed E-state index contributed by atoms with van der Waals surface area (Å²) in [4.78, 5) is 2.97. The van der Waals surface area contributed by atoms with E-state index in [1.807, 2.05) is 24.3 Å². The number of para-hydroxylation sites is 1. The number of thiocarbonyl (C=S) groups is 1. The van der Waals surface area contributed by atoms with E-state index in [0.717, 1.165) is 30.2 Å². The first-order valence-electron chi connectivity index (χ1n) is 7.94. The number of nitrogens with two attached hydrogens (primary N) is 1. The Morgan fingerprint density at radius 3 is 2.76 bits per heavy atom. The molecule has 1 aromatic carbocycles. The molecule has 0 heterocycles. The van der Waals surface area contributed by atoms with Gasteiger partial charge in [0.15, 0.2) is 0 Å². The van der Waals surface area contributed by atoms with Crippen molar-refractivity contribution in [2.45, 2.75) is 32.6 Å². The van der Waals surface area contributed by atoms with Crippen molar-refractivity contribution in [2.24, 2.45) is 11.7 Å². The minimum atomic E-state index is 0.395. The van der Waals surface area contributed by atoms with E-state index in [2.05, 4.69) is 11.8 Å². The normalized spacial score (nSPS) is 14.4. The number of hydrogen-bond donors (Lipinski definition) is 1. The zero-order valence-corrected chi connectivity index (χ0v) is 13.7. The van der Waals surface area contributed by atoms with Crippen molar-refractivity contribution in [3.05, 3.63) is 29.8 Å². The zero-order valence-electron chi connectivity index (χ0n) is 12.9. The molecule has 1 aromatic rings. The van der Waals surface area contributed by atoms with Crippen LogP contribution in [0.2, 0.25) is 0 Å². The highest BCUT2D eigenvalue weighted by Crippen LogP contribution is 2.29. The summed E-state index contributed by atoms with van der Waals surface area (Å²) in [5.74, 6) is 1.75. The molecule has 1 aliphatic rings. The van der Waals surface area contributed by atoms with Crippen molar-refractivity contribution in [2.75, 3.05) is 26.2 Å². The predicted molar refractivity (Wildman–Crippen MR) is 91.9 cm³/mol. The Morgan fingerprint density at radius 2 is 2.10 bits per heavy atom. The first-order chi connectivity index (χ1) is 10.2. The molecule has 2 N–H and O–H groups in total. The summed E-state index contributed by atoms with van der Waals surface area (Å²) in [5, 5.41) is 0. The number of rotatable bonds is 10. The van der Waals surface area contributed by atoms with Gasteiger partial charge in [-0.1, -0.05) is 31.3 Å². The van der Waals surface area contributed by atoms with Gasteiger partial charge in [0.25, 0.3) is 0 Å². The molecule has 0 unspecified atom stereocenters. The number of hydrogen-bond acceptors (Lipinski definition) is 3. The molecular weight excluding hydrogens is 280 g/mol. The lowest BCUT2D eigenvalue weighted by atomic mass is 10.2. The van der Waals surface area contributed by atoms with E-state index < -0.39 is 0 Å². The Hall–Kier alpha value is -1.13. The monoisotopic (exact) mass is 306 g/mol. The van der Waals surface area contributed by atoms with E-state index >= 15 is 0 Å². The van der Waals surface area contributed by atoms with Crippen LogP contribution in [0.25, 0.3) is 0 Å². The van der Waals surface area contributed by atoms with Gasteiger partial charge in [-0.3, -0.25) is 0 Å². The van der Waals surface area contributed by atoms with Crippen LogP contribution >= 0.6 is 12.2 Å². The van der Waals surface area contributed by atoms with Crippen molar-refractivity contribution in [1.29, 1.82) is 0 Å². The number of benzene rings is 1. The van der Waals surface area contributed by atoms with Gasteiger partial charge in [-0.05, 0) is 50.3 Å². The molecular formula is C17H26N2OS. The van der Waals surface area contributed by atoms with Gasteiger partial charge >= 0.3 is 0 Å². The maximum absolute atomic E-state index is 5.85. The lowest BCUT2D eigenvalue weighted by Gasteiger charge is -2.21. The smallest absolute Gasteiger partial charge is 0.129 e. The molecule has 0 saturated heterocycles. The summed E-state index contributed by atoms with van der Waals surface area (Å²) in [6.45, 7) is 6.52. The van der Waals surface area contributed by atoms with Crippen LogP contribution in [-0.4, -0.2) is 36.1 Å². The van der Waals surface area contributed by atoms with Gasteiger partial charge < -0.3 is 15.4 Å². The number of ether oxygens (including phenoxy) is 1. The molecule has 3 nitrogen and oxygen atoms in total. The second-order valence-electron chi connectivity index (χ2n) is 5.81. The lowest BCUT2D eigenvalue weighted by molar-refractivity contribution is 0.227. The molecule has 0 atom stereocenters. The highest BCUT2D eigenvalue weighted by molar-refractivity contribution is 7.80. The molecule has 21 heavy (non-hydrogen) atoms. The molecule has 1 aliphatic carbocycles. The van der Waals surface area contributed by atoms with Crippen LogP contribution in [0.5, 0.6) is 5.75 Å². The van der Waals surface area contributed by atoms with E-state index in [0.29, 0.717) is 11.6 Å². The van der Waals surface area contributed by atoms with Gasteiger partial charge in [0.2, 0.25) is 0 Å². The van der Waals surface area contributed by atoms with Crippen LogP contribution < -0.4 is 10.5 Å². The third kappa shape index (κ3) is 5.64. The molecule has 2 rings (SSSR count). The van der Waals surface area contributed by atoms with Crippen molar-refractivity contribution in [3.8, 4) is 5.75 Å². The Kier molecular flexibility index (Phi) is 6.46. The standard InChI is InChI=1S/C17H26N2OS/c1-2-10-19(13-14-8-9-14)11-5-12-20-16-7-4-3-6-15(16)17(18)21/h3-4,6-7,14H,2,5,8-13H2,1H3,(H2,18,21). The first kappa shape index (κ1) is 16.2. The Morgan fingerprint density at radius 1 is 1.33 bits per heavy atom. The van der Waals surface area contributed by atoms with Crippen molar-refractivity contribution >= 4 is 17.2 Å². The fourth-order valence-corrected chi connectivity index (χ4v) is 2.71. The van der Waals surface area contributed by atoms with Gasteiger partial charge in [-0.25, -0.2) is 0 Å².